The number of amides is 1. The van der Waals surface area contributed by atoms with E-state index in [-0.39, 0.29) is 11.8 Å². The van der Waals surface area contributed by atoms with Gasteiger partial charge in [0.1, 0.15) is 0 Å². The van der Waals surface area contributed by atoms with E-state index in [1.54, 1.807) is 31.4 Å². The molecule has 1 atom stereocenters. The van der Waals surface area contributed by atoms with Crippen LogP contribution in [0, 0.1) is 5.92 Å². The van der Waals surface area contributed by atoms with Crippen molar-refractivity contribution in [2.75, 3.05) is 25.5 Å². The quantitative estimate of drug-likeness (QED) is 0.828. The molecule has 3 heterocycles. The average Bonchev–Trinajstić information content (AvgIpc) is 3.00. The Morgan fingerprint density at radius 3 is 2.38 bits per heavy atom. The van der Waals surface area contributed by atoms with Crippen LogP contribution in [0.2, 0.25) is 0 Å². The molecule has 0 bridgehead atoms. The molecule has 29 heavy (non-hydrogen) atoms. The number of carbonyl (C=O) groups is 2. The van der Waals surface area contributed by atoms with E-state index in [9.17, 15) is 18.0 Å². The molecule has 2 aromatic heterocycles. The van der Waals surface area contributed by atoms with E-state index >= 15 is 0 Å². The summed E-state index contributed by atoms with van der Waals surface area (Å²) < 4.78 is 34.0. The summed E-state index contributed by atoms with van der Waals surface area (Å²) in [6, 6.07) is 5.98. The number of alkyl halides is 3. The third kappa shape index (κ3) is 6.47. The predicted molar refractivity (Wildman–Crippen MR) is 98.0 cm³/mol. The Kier molecular flexibility index (Phi) is 7.18. The first kappa shape index (κ1) is 22.2. The molecule has 0 saturated heterocycles. The van der Waals surface area contributed by atoms with Crippen LogP contribution in [0.25, 0.3) is 0 Å². The molecule has 158 valence electrons. The Morgan fingerprint density at radius 2 is 1.83 bits per heavy atom. The van der Waals surface area contributed by atoms with Crippen molar-refractivity contribution in [3.05, 3.63) is 42.5 Å². The molecule has 0 aliphatic carbocycles. The number of carboxylic acid groups (broad SMARTS) is 1. The van der Waals surface area contributed by atoms with E-state index in [1.165, 1.54) is 5.69 Å². The van der Waals surface area contributed by atoms with Crippen LogP contribution in [0.1, 0.15) is 12.1 Å². The molecule has 1 unspecified atom stereocenters. The maximum absolute atomic E-state index is 12.1. The molecule has 1 amide bonds. The van der Waals surface area contributed by atoms with Gasteiger partial charge in [-0.2, -0.15) is 13.2 Å². The first-order chi connectivity index (χ1) is 13.6. The summed E-state index contributed by atoms with van der Waals surface area (Å²) in [5.74, 6) is -1.63. The zero-order chi connectivity index (χ0) is 21.6. The Bertz CT molecular complexity index is 824. The van der Waals surface area contributed by atoms with Gasteiger partial charge in [0.15, 0.2) is 0 Å². The van der Waals surface area contributed by atoms with Crippen LogP contribution in [0.15, 0.2) is 36.8 Å². The lowest BCUT2D eigenvalue weighted by molar-refractivity contribution is -0.192. The number of hydrogen-bond acceptors (Lipinski definition) is 5. The van der Waals surface area contributed by atoms with E-state index in [0.29, 0.717) is 6.42 Å². The van der Waals surface area contributed by atoms with E-state index < -0.39 is 12.1 Å². The second-order valence-electron chi connectivity index (χ2n) is 6.74. The Hall–Kier alpha value is -3.11. The number of rotatable bonds is 3. The highest BCUT2D eigenvalue weighted by Crippen LogP contribution is 2.22. The van der Waals surface area contributed by atoms with Gasteiger partial charge >= 0.3 is 12.1 Å². The molecule has 1 aliphatic heterocycles. The molecule has 0 saturated carbocycles. The summed E-state index contributed by atoms with van der Waals surface area (Å²) >= 11 is 0. The van der Waals surface area contributed by atoms with E-state index in [1.807, 2.05) is 6.07 Å². The SMILES string of the molecule is CN(C)C(=O)CC1CN(c2ncccn2)Cc2cccn2C1.O=C(O)C(F)(F)F. The van der Waals surface area contributed by atoms with Gasteiger partial charge in [-0.25, -0.2) is 14.8 Å². The molecule has 0 radical (unpaired) electrons. The zero-order valence-electron chi connectivity index (χ0n) is 16.0. The van der Waals surface area contributed by atoms with Gasteiger partial charge in [0, 0.05) is 63.8 Å². The number of aliphatic carboxylic acids is 1. The fourth-order valence-electron chi connectivity index (χ4n) is 2.84. The molecule has 0 spiro atoms. The number of hydrogen-bond donors (Lipinski definition) is 1. The summed E-state index contributed by atoms with van der Waals surface area (Å²) in [7, 11) is 3.61. The van der Waals surface area contributed by atoms with E-state index in [2.05, 4.69) is 37.8 Å². The van der Waals surface area contributed by atoms with Crippen molar-refractivity contribution in [1.29, 1.82) is 0 Å². The minimum Gasteiger partial charge on any atom is -0.475 e. The standard InChI is InChI=1S/C16H21N5O.C2HF3O2/c1-19(2)15(22)9-13-10-20-8-3-5-14(20)12-21(11-13)16-17-6-4-7-18-16;3-2(4,5)1(6)7/h3-8,13H,9-12H2,1-2H3;(H,6,7). The number of carbonyl (C=O) groups excluding carboxylic acids is 1. The Morgan fingerprint density at radius 1 is 1.21 bits per heavy atom. The molecular weight excluding hydrogens is 391 g/mol. The smallest absolute Gasteiger partial charge is 0.475 e. The summed E-state index contributed by atoms with van der Waals surface area (Å²) in [5.41, 5.74) is 1.23. The van der Waals surface area contributed by atoms with Gasteiger partial charge in [0.05, 0.1) is 6.54 Å². The largest absolute Gasteiger partial charge is 0.490 e. The fraction of sp³-hybridized carbons (Fsp3) is 0.444. The maximum atomic E-state index is 12.1. The van der Waals surface area contributed by atoms with Crippen molar-refractivity contribution >= 4 is 17.8 Å². The minimum atomic E-state index is -5.08. The Balaban J connectivity index is 0.000000370. The number of halogens is 3. The predicted octanol–water partition coefficient (Wildman–Crippen LogP) is 2.03. The highest BCUT2D eigenvalue weighted by Gasteiger charge is 2.38. The van der Waals surface area contributed by atoms with E-state index in [0.717, 1.165) is 25.6 Å². The summed E-state index contributed by atoms with van der Waals surface area (Å²) in [6.45, 7) is 2.40. The van der Waals surface area contributed by atoms with Gasteiger partial charge in [0.25, 0.3) is 0 Å². The van der Waals surface area contributed by atoms with Crippen molar-refractivity contribution in [1.82, 2.24) is 19.4 Å². The first-order valence-electron chi connectivity index (χ1n) is 8.74. The van der Waals surface area contributed by atoms with Crippen molar-refractivity contribution < 1.29 is 27.9 Å². The molecule has 1 N–H and O–H groups in total. The van der Waals surface area contributed by atoms with Crippen LogP contribution in [0.3, 0.4) is 0 Å². The zero-order valence-corrected chi connectivity index (χ0v) is 16.0. The highest BCUT2D eigenvalue weighted by molar-refractivity contribution is 5.75. The molecule has 8 nitrogen and oxygen atoms in total. The number of aromatic nitrogens is 3. The lowest BCUT2D eigenvalue weighted by Gasteiger charge is -2.24. The molecule has 0 fully saturated rings. The average molecular weight is 413 g/mol. The normalized spacial score (nSPS) is 16.2. The summed E-state index contributed by atoms with van der Waals surface area (Å²) in [4.78, 5) is 33.5. The number of anilines is 1. The molecular formula is C18H22F3N5O3. The molecule has 2 aromatic rings. The summed E-state index contributed by atoms with van der Waals surface area (Å²) in [5, 5.41) is 7.12. The highest BCUT2D eigenvalue weighted by atomic mass is 19.4. The van der Waals surface area contributed by atoms with Crippen molar-refractivity contribution in [3.63, 3.8) is 0 Å². The van der Waals surface area contributed by atoms with Crippen LogP contribution < -0.4 is 4.90 Å². The van der Waals surface area contributed by atoms with Gasteiger partial charge < -0.3 is 19.5 Å². The summed E-state index contributed by atoms with van der Waals surface area (Å²) in [6.07, 6.45) is 1.05. The molecule has 0 aromatic carbocycles. The topological polar surface area (TPSA) is 91.6 Å². The third-order valence-corrected chi connectivity index (χ3v) is 4.25. The lowest BCUT2D eigenvalue weighted by Crippen LogP contribution is -2.33. The van der Waals surface area contributed by atoms with Gasteiger partial charge in [-0.05, 0) is 18.2 Å². The fourth-order valence-corrected chi connectivity index (χ4v) is 2.84. The van der Waals surface area contributed by atoms with Crippen LogP contribution in [-0.4, -0.2) is 63.2 Å². The minimum absolute atomic E-state index is 0.162. The van der Waals surface area contributed by atoms with Crippen LogP contribution in [-0.2, 0) is 22.7 Å². The van der Waals surface area contributed by atoms with Gasteiger partial charge in [-0.3, -0.25) is 4.79 Å². The van der Waals surface area contributed by atoms with Crippen LogP contribution in [0.4, 0.5) is 19.1 Å². The third-order valence-electron chi connectivity index (χ3n) is 4.25. The van der Waals surface area contributed by atoms with Gasteiger partial charge in [-0.1, -0.05) is 0 Å². The van der Waals surface area contributed by atoms with Crippen LogP contribution in [0.5, 0.6) is 0 Å². The van der Waals surface area contributed by atoms with Crippen LogP contribution >= 0.6 is 0 Å². The first-order valence-corrected chi connectivity index (χ1v) is 8.74. The van der Waals surface area contributed by atoms with Crippen molar-refractivity contribution in [2.24, 2.45) is 5.92 Å². The molecule has 1 aliphatic rings. The van der Waals surface area contributed by atoms with Crippen molar-refractivity contribution in [3.8, 4) is 0 Å². The van der Waals surface area contributed by atoms with Crippen molar-refractivity contribution in [2.45, 2.75) is 25.7 Å². The molecule has 3 rings (SSSR count). The second-order valence-corrected chi connectivity index (χ2v) is 6.74. The lowest BCUT2D eigenvalue weighted by atomic mass is 10.0. The number of fused-ring (bicyclic) bond motifs is 1. The second kappa shape index (κ2) is 9.39. The number of carboxylic acids is 1. The monoisotopic (exact) mass is 413 g/mol. The Labute approximate surface area is 165 Å². The van der Waals surface area contributed by atoms with E-state index in [4.69, 9.17) is 9.90 Å². The maximum Gasteiger partial charge on any atom is 0.490 e. The van der Waals surface area contributed by atoms with Gasteiger partial charge in [0.2, 0.25) is 11.9 Å². The number of nitrogens with zero attached hydrogens (tertiary/aromatic N) is 5. The van der Waals surface area contributed by atoms with Gasteiger partial charge in [-0.15, -0.1) is 0 Å². The molecule has 11 heteroatoms.